The molecule has 0 spiro atoms. The number of rotatable bonds is 5. The summed E-state index contributed by atoms with van der Waals surface area (Å²) in [4.78, 5) is 10.9. The van der Waals surface area contributed by atoms with Crippen molar-refractivity contribution in [3.8, 4) is 5.75 Å². The molecule has 0 amide bonds. The van der Waals surface area contributed by atoms with Crippen molar-refractivity contribution in [2.75, 3.05) is 38.1 Å². The fraction of sp³-hybridized carbons (Fsp3) is 0.375. The average molecular weight is 340 g/mol. The predicted molar refractivity (Wildman–Crippen MR) is 86.5 cm³/mol. The van der Waals surface area contributed by atoms with Crippen LogP contribution in [0.4, 0.5) is 24.9 Å². The number of benzene rings is 1. The molecule has 2 aromatic rings. The zero-order valence-electron chi connectivity index (χ0n) is 13.9. The summed E-state index contributed by atoms with van der Waals surface area (Å²) >= 11 is 0. The number of halogens is 3. The second-order valence-corrected chi connectivity index (χ2v) is 5.51. The number of ether oxygens (including phenoxy) is 1. The first-order chi connectivity index (χ1) is 11.2. The van der Waals surface area contributed by atoms with Crippen molar-refractivity contribution in [2.45, 2.75) is 12.7 Å². The molecule has 0 aliphatic rings. The summed E-state index contributed by atoms with van der Waals surface area (Å²) in [7, 11) is 6.49. The molecule has 24 heavy (non-hydrogen) atoms. The van der Waals surface area contributed by atoms with Crippen molar-refractivity contribution < 1.29 is 17.9 Å². The highest BCUT2D eigenvalue weighted by Crippen LogP contribution is 2.31. The molecule has 5 nitrogen and oxygen atoms in total. The largest absolute Gasteiger partial charge is 0.497 e. The van der Waals surface area contributed by atoms with Gasteiger partial charge in [-0.25, -0.2) is 4.98 Å². The Labute approximate surface area is 138 Å². The summed E-state index contributed by atoms with van der Waals surface area (Å²) in [6.07, 6.45) is -4.52. The molecule has 1 aromatic heterocycles. The molecule has 0 N–H and O–H groups in total. The van der Waals surface area contributed by atoms with Gasteiger partial charge in [0.2, 0.25) is 5.95 Å². The Morgan fingerprint density at radius 3 is 2.17 bits per heavy atom. The summed E-state index contributed by atoms with van der Waals surface area (Å²) < 4.78 is 44.2. The molecule has 0 saturated carbocycles. The average Bonchev–Trinajstić information content (AvgIpc) is 2.54. The molecule has 130 valence electrons. The maximum Gasteiger partial charge on any atom is 0.433 e. The first kappa shape index (κ1) is 17.8. The van der Waals surface area contributed by atoms with Crippen LogP contribution < -0.4 is 14.5 Å². The molecule has 1 aromatic carbocycles. The van der Waals surface area contributed by atoms with E-state index in [0.29, 0.717) is 12.3 Å². The maximum atomic E-state index is 13.0. The van der Waals surface area contributed by atoms with E-state index in [4.69, 9.17) is 4.74 Å². The Morgan fingerprint density at radius 2 is 1.67 bits per heavy atom. The van der Waals surface area contributed by atoms with Gasteiger partial charge in [-0.3, -0.25) is 0 Å². The topological polar surface area (TPSA) is 41.5 Å². The van der Waals surface area contributed by atoms with Crippen LogP contribution in [0, 0.1) is 0 Å². The molecule has 0 bridgehead atoms. The summed E-state index contributed by atoms with van der Waals surface area (Å²) in [5.41, 5.74) is -0.0523. The number of methoxy groups -OCH3 is 1. The molecule has 0 radical (unpaired) electrons. The third-order valence-corrected chi connectivity index (χ3v) is 3.37. The van der Waals surface area contributed by atoms with Gasteiger partial charge >= 0.3 is 6.18 Å². The molecule has 0 saturated heterocycles. The van der Waals surface area contributed by atoms with E-state index < -0.39 is 11.9 Å². The Bertz CT molecular complexity index is 687. The number of aromatic nitrogens is 2. The van der Waals surface area contributed by atoms with Crippen LogP contribution in [0.3, 0.4) is 0 Å². The van der Waals surface area contributed by atoms with Crippen LogP contribution in [0.2, 0.25) is 0 Å². The second-order valence-electron chi connectivity index (χ2n) is 5.51. The van der Waals surface area contributed by atoms with Crippen molar-refractivity contribution >= 4 is 11.8 Å². The van der Waals surface area contributed by atoms with Gasteiger partial charge in [0.1, 0.15) is 11.6 Å². The summed E-state index contributed by atoms with van der Waals surface area (Å²) in [6, 6.07) is 8.21. The quantitative estimate of drug-likeness (QED) is 0.836. The minimum atomic E-state index is -4.52. The van der Waals surface area contributed by atoms with E-state index in [-0.39, 0.29) is 11.8 Å². The van der Waals surface area contributed by atoms with Crippen LogP contribution in [-0.4, -0.2) is 38.2 Å². The van der Waals surface area contributed by atoms with Crippen molar-refractivity contribution in [1.29, 1.82) is 0 Å². The van der Waals surface area contributed by atoms with E-state index >= 15 is 0 Å². The molecule has 1 heterocycles. The van der Waals surface area contributed by atoms with E-state index in [2.05, 4.69) is 9.97 Å². The van der Waals surface area contributed by atoms with Crippen molar-refractivity contribution in [3.05, 3.63) is 41.6 Å². The lowest BCUT2D eigenvalue weighted by molar-refractivity contribution is -0.141. The van der Waals surface area contributed by atoms with Gasteiger partial charge in [0, 0.05) is 33.8 Å². The number of nitrogens with zero attached hydrogens (tertiary/aromatic N) is 4. The summed E-state index contributed by atoms with van der Waals surface area (Å²) in [6.45, 7) is 0.373. The molecular formula is C16H19F3N4O. The molecule has 0 unspecified atom stereocenters. The van der Waals surface area contributed by atoms with Gasteiger partial charge in [-0.2, -0.15) is 18.2 Å². The number of anilines is 2. The highest BCUT2D eigenvalue weighted by Gasteiger charge is 2.34. The molecule has 0 atom stereocenters. The van der Waals surface area contributed by atoms with E-state index in [1.54, 1.807) is 45.3 Å². The molecule has 8 heteroatoms. The lowest BCUT2D eigenvalue weighted by atomic mass is 10.2. The predicted octanol–water partition coefficient (Wildman–Crippen LogP) is 3.21. The minimum Gasteiger partial charge on any atom is -0.497 e. The van der Waals surface area contributed by atoms with E-state index in [9.17, 15) is 13.2 Å². The Kier molecular flexibility index (Phi) is 5.16. The van der Waals surface area contributed by atoms with Crippen molar-refractivity contribution in [1.82, 2.24) is 9.97 Å². The zero-order valence-corrected chi connectivity index (χ0v) is 13.9. The number of hydrogen-bond donors (Lipinski definition) is 0. The highest BCUT2D eigenvalue weighted by atomic mass is 19.4. The van der Waals surface area contributed by atoms with E-state index in [1.807, 2.05) is 12.1 Å². The lowest BCUT2D eigenvalue weighted by Gasteiger charge is -2.21. The Hall–Kier alpha value is -2.51. The van der Waals surface area contributed by atoms with Crippen LogP contribution in [0.5, 0.6) is 5.75 Å². The standard InChI is InChI=1S/C16H19F3N4O/c1-22(2)14-9-13(16(17,18)19)20-15(21-14)23(3)10-11-5-7-12(24-4)8-6-11/h5-9H,10H2,1-4H3. The van der Waals surface area contributed by atoms with Crippen LogP contribution >= 0.6 is 0 Å². The molecule has 0 fully saturated rings. The van der Waals surface area contributed by atoms with Gasteiger partial charge in [0.25, 0.3) is 0 Å². The lowest BCUT2D eigenvalue weighted by Crippen LogP contribution is -2.23. The van der Waals surface area contributed by atoms with Gasteiger partial charge < -0.3 is 14.5 Å². The van der Waals surface area contributed by atoms with Crippen LogP contribution in [0.15, 0.2) is 30.3 Å². The van der Waals surface area contributed by atoms with Gasteiger partial charge in [-0.05, 0) is 17.7 Å². The molecule has 0 aliphatic heterocycles. The molecule has 2 rings (SSSR count). The molecular weight excluding hydrogens is 321 g/mol. The van der Waals surface area contributed by atoms with Gasteiger partial charge in [-0.15, -0.1) is 0 Å². The fourth-order valence-corrected chi connectivity index (χ4v) is 2.04. The Balaban J connectivity index is 2.29. The van der Waals surface area contributed by atoms with Gasteiger partial charge in [0.05, 0.1) is 7.11 Å². The summed E-state index contributed by atoms with van der Waals surface area (Å²) in [5.74, 6) is 0.935. The fourth-order valence-electron chi connectivity index (χ4n) is 2.04. The minimum absolute atomic E-state index is 0.0179. The Morgan fingerprint density at radius 1 is 1.04 bits per heavy atom. The van der Waals surface area contributed by atoms with Crippen LogP contribution in [0.1, 0.15) is 11.3 Å². The van der Waals surface area contributed by atoms with Gasteiger partial charge in [-0.1, -0.05) is 12.1 Å². The normalized spacial score (nSPS) is 11.3. The third-order valence-electron chi connectivity index (χ3n) is 3.37. The van der Waals surface area contributed by atoms with E-state index in [1.165, 1.54) is 4.90 Å². The van der Waals surface area contributed by atoms with Crippen molar-refractivity contribution in [2.24, 2.45) is 0 Å². The molecule has 0 aliphatic carbocycles. The maximum absolute atomic E-state index is 13.0. The first-order valence-corrected chi connectivity index (χ1v) is 7.18. The van der Waals surface area contributed by atoms with Crippen molar-refractivity contribution in [3.63, 3.8) is 0 Å². The van der Waals surface area contributed by atoms with Crippen LogP contribution in [0.25, 0.3) is 0 Å². The number of alkyl halides is 3. The van der Waals surface area contributed by atoms with Gasteiger partial charge in [0.15, 0.2) is 5.69 Å². The van der Waals surface area contributed by atoms with E-state index in [0.717, 1.165) is 11.6 Å². The monoisotopic (exact) mass is 340 g/mol. The van der Waals surface area contributed by atoms with Crippen LogP contribution in [-0.2, 0) is 12.7 Å². The first-order valence-electron chi connectivity index (χ1n) is 7.18. The highest BCUT2D eigenvalue weighted by molar-refractivity contribution is 5.45. The SMILES string of the molecule is COc1ccc(CN(C)c2nc(N(C)C)cc(C(F)(F)F)n2)cc1. The second kappa shape index (κ2) is 6.94. The zero-order chi connectivity index (χ0) is 17.9. The summed E-state index contributed by atoms with van der Waals surface area (Å²) in [5, 5.41) is 0. The third kappa shape index (κ3) is 4.27. The number of hydrogen-bond acceptors (Lipinski definition) is 5. The smallest absolute Gasteiger partial charge is 0.433 e.